The Labute approximate surface area is 162 Å². The smallest absolute Gasteiger partial charge is 0.158 e. The highest BCUT2D eigenvalue weighted by Gasteiger charge is 2.24. The summed E-state index contributed by atoms with van der Waals surface area (Å²) in [5.74, 6) is 1.50. The predicted octanol–water partition coefficient (Wildman–Crippen LogP) is 7.05. The second kappa shape index (κ2) is 10.7. The number of rotatable bonds is 9. The zero-order valence-corrected chi connectivity index (χ0v) is 17.9. The molecule has 0 aromatic heterocycles. The van der Waals surface area contributed by atoms with E-state index in [9.17, 15) is 0 Å². The van der Waals surface area contributed by atoms with Crippen LogP contribution in [0.4, 0.5) is 0 Å². The minimum Gasteiger partial charge on any atom is -0.352 e. The van der Waals surface area contributed by atoms with Gasteiger partial charge < -0.3 is 9.47 Å². The minimum absolute atomic E-state index is 0.0859. The summed E-state index contributed by atoms with van der Waals surface area (Å²) in [6.45, 7) is 12.3. The molecule has 2 unspecified atom stereocenters. The van der Waals surface area contributed by atoms with Crippen molar-refractivity contribution in [3.05, 3.63) is 23.8 Å². The van der Waals surface area contributed by atoms with Crippen molar-refractivity contribution in [3.63, 3.8) is 0 Å². The highest BCUT2D eigenvalue weighted by molar-refractivity contribution is 5.24. The molecule has 0 N–H and O–H groups in total. The molecule has 1 fully saturated rings. The highest BCUT2D eigenvalue weighted by Crippen LogP contribution is 2.29. The van der Waals surface area contributed by atoms with E-state index in [0.29, 0.717) is 0 Å². The van der Waals surface area contributed by atoms with Gasteiger partial charge in [-0.1, -0.05) is 77.7 Å². The van der Waals surface area contributed by atoms with Crippen molar-refractivity contribution in [2.24, 2.45) is 17.3 Å². The lowest BCUT2D eigenvalue weighted by Crippen LogP contribution is -2.30. The number of hydrogen-bond donors (Lipinski definition) is 0. The first kappa shape index (κ1) is 21.7. The number of ether oxygens (including phenoxy) is 2. The lowest BCUT2D eigenvalue weighted by Gasteiger charge is -2.31. The molecular formula is C24H42O2. The molecule has 0 aromatic carbocycles. The lowest BCUT2D eigenvalue weighted by atomic mass is 9.89. The van der Waals surface area contributed by atoms with Gasteiger partial charge in [0.05, 0.1) is 12.7 Å². The normalized spacial score (nSPS) is 23.3. The van der Waals surface area contributed by atoms with E-state index in [0.717, 1.165) is 31.3 Å². The summed E-state index contributed by atoms with van der Waals surface area (Å²) in [5.41, 5.74) is 1.68. The summed E-state index contributed by atoms with van der Waals surface area (Å²) in [6, 6.07) is 0. The Bertz CT molecular complexity index is 449. The summed E-state index contributed by atoms with van der Waals surface area (Å²) in [7, 11) is 0. The van der Waals surface area contributed by atoms with Crippen molar-refractivity contribution in [2.45, 2.75) is 105 Å². The molecule has 26 heavy (non-hydrogen) atoms. The predicted molar refractivity (Wildman–Crippen MR) is 111 cm³/mol. The summed E-state index contributed by atoms with van der Waals surface area (Å²) >= 11 is 0. The molecule has 0 bridgehead atoms. The summed E-state index contributed by atoms with van der Waals surface area (Å²) in [4.78, 5) is 0. The van der Waals surface area contributed by atoms with Crippen LogP contribution in [0, 0.1) is 17.3 Å². The molecule has 0 aliphatic heterocycles. The topological polar surface area (TPSA) is 18.5 Å². The van der Waals surface area contributed by atoms with E-state index in [4.69, 9.17) is 9.47 Å². The maximum atomic E-state index is 6.38. The van der Waals surface area contributed by atoms with Crippen LogP contribution in [0.1, 0.15) is 92.4 Å². The molecule has 2 heteroatoms. The summed E-state index contributed by atoms with van der Waals surface area (Å²) in [5, 5.41) is 0. The van der Waals surface area contributed by atoms with Gasteiger partial charge in [-0.15, -0.1) is 0 Å². The van der Waals surface area contributed by atoms with Gasteiger partial charge in [-0.2, -0.15) is 0 Å². The average molecular weight is 363 g/mol. The molecule has 2 atom stereocenters. The van der Waals surface area contributed by atoms with E-state index in [1.54, 1.807) is 0 Å². The Hall–Kier alpha value is -0.600. The van der Waals surface area contributed by atoms with Gasteiger partial charge in [-0.3, -0.25) is 0 Å². The van der Waals surface area contributed by atoms with Crippen LogP contribution in [0.5, 0.6) is 0 Å². The molecule has 0 spiro atoms. The van der Waals surface area contributed by atoms with Gasteiger partial charge in [0.1, 0.15) is 0 Å². The second-order valence-electron chi connectivity index (χ2n) is 10.0. The Morgan fingerprint density at radius 1 is 1.12 bits per heavy atom. The van der Waals surface area contributed by atoms with Crippen molar-refractivity contribution >= 4 is 0 Å². The van der Waals surface area contributed by atoms with Crippen molar-refractivity contribution in [3.8, 4) is 0 Å². The quantitative estimate of drug-likeness (QED) is 0.409. The van der Waals surface area contributed by atoms with E-state index in [2.05, 4.69) is 52.8 Å². The number of allylic oxidation sites excluding steroid dienone is 2. The van der Waals surface area contributed by atoms with E-state index in [1.165, 1.54) is 50.5 Å². The fraction of sp³-hybridized carbons (Fsp3) is 0.833. The molecule has 1 saturated carbocycles. The molecule has 150 valence electrons. The monoisotopic (exact) mass is 362 g/mol. The lowest BCUT2D eigenvalue weighted by molar-refractivity contribution is -0.181. The van der Waals surface area contributed by atoms with Gasteiger partial charge in [0.25, 0.3) is 0 Å². The Morgan fingerprint density at radius 3 is 2.42 bits per heavy atom. The zero-order valence-electron chi connectivity index (χ0n) is 17.9. The minimum atomic E-state index is -0.0859. The third kappa shape index (κ3) is 8.86. The fourth-order valence-corrected chi connectivity index (χ4v) is 3.83. The third-order valence-electron chi connectivity index (χ3n) is 5.50. The van der Waals surface area contributed by atoms with Crippen LogP contribution in [0.15, 0.2) is 23.8 Å². The van der Waals surface area contributed by atoms with Gasteiger partial charge in [-0.05, 0) is 49.4 Å². The standard InChI is InChI=1S/C24H42O2/c1-19(2)11-12-20-13-15-22(16-14-20)26-23(17-24(3,4)5)25-18-21-9-7-6-8-10-21/h13-15,19,21-23H,6-12,16-18H2,1-5H3. The van der Waals surface area contributed by atoms with Crippen LogP contribution < -0.4 is 0 Å². The first-order chi connectivity index (χ1) is 12.3. The maximum Gasteiger partial charge on any atom is 0.158 e. The summed E-state index contributed by atoms with van der Waals surface area (Å²) < 4.78 is 12.7. The molecule has 0 heterocycles. The summed E-state index contributed by atoms with van der Waals surface area (Å²) in [6.07, 6.45) is 18.1. The van der Waals surface area contributed by atoms with Gasteiger partial charge in [-0.25, -0.2) is 0 Å². The Balaban J connectivity index is 1.81. The zero-order chi connectivity index (χ0) is 19.0. The molecule has 0 saturated heterocycles. The first-order valence-electron chi connectivity index (χ1n) is 11.0. The van der Waals surface area contributed by atoms with Crippen LogP contribution in [-0.2, 0) is 9.47 Å². The van der Waals surface area contributed by atoms with E-state index < -0.39 is 0 Å². The van der Waals surface area contributed by atoms with Gasteiger partial charge in [0, 0.05) is 6.42 Å². The Kier molecular flexibility index (Phi) is 8.90. The molecule has 2 aliphatic carbocycles. The van der Waals surface area contributed by atoms with Gasteiger partial charge in [0.15, 0.2) is 6.29 Å². The van der Waals surface area contributed by atoms with Crippen molar-refractivity contribution in [2.75, 3.05) is 6.61 Å². The fourth-order valence-electron chi connectivity index (χ4n) is 3.83. The van der Waals surface area contributed by atoms with Crippen LogP contribution in [-0.4, -0.2) is 19.0 Å². The van der Waals surface area contributed by atoms with Crippen molar-refractivity contribution < 1.29 is 9.47 Å². The van der Waals surface area contributed by atoms with Crippen LogP contribution >= 0.6 is 0 Å². The third-order valence-corrected chi connectivity index (χ3v) is 5.50. The maximum absolute atomic E-state index is 6.38. The molecule has 2 nitrogen and oxygen atoms in total. The van der Waals surface area contributed by atoms with Crippen molar-refractivity contribution in [1.29, 1.82) is 0 Å². The highest BCUT2D eigenvalue weighted by atomic mass is 16.7. The van der Waals surface area contributed by atoms with Crippen LogP contribution in [0.25, 0.3) is 0 Å². The molecule has 0 amide bonds. The van der Waals surface area contributed by atoms with E-state index >= 15 is 0 Å². The molecule has 0 radical (unpaired) electrons. The molecule has 0 aromatic rings. The Morgan fingerprint density at radius 2 is 1.85 bits per heavy atom. The van der Waals surface area contributed by atoms with Gasteiger partial charge in [0.2, 0.25) is 0 Å². The largest absolute Gasteiger partial charge is 0.352 e. The second-order valence-corrected chi connectivity index (χ2v) is 10.0. The first-order valence-corrected chi connectivity index (χ1v) is 11.0. The van der Waals surface area contributed by atoms with E-state index in [-0.39, 0.29) is 17.8 Å². The molecule has 2 aliphatic rings. The number of hydrogen-bond acceptors (Lipinski definition) is 2. The molecule has 2 rings (SSSR count). The average Bonchev–Trinajstić information content (AvgIpc) is 2.59. The SMILES string of the molecule is CC(C)CCC1=CCC(OC(CC(C)(C)C)OCC2CCCCC2)C=C1. The van der Waals surface area contributed by atoms with Crippen LogP contribution in [0.2, 0.25) is 0 Å². The van der Waals surface area contributed by atoms with E-state index in [1.807, 2.05) is 0 Å². The van der Waals surface area contributed by atoms with Crippen molar-refractivity contribution in [1.82, 2.24) is 0 Å². The van der Waals surface area contributed by atoms with Gasteiger partial charge >= 0.3 is 0 Å². The molecular weight excluding hydrogens is 320 g/mol. The van der Waals surface area contributed by atoms with Crippen LogP contribution in [0.3, 0.4) is 0 Å².